The lowest BCUT2D eigenvalue weighted by atomic mass is 9.94. The lowest BCUT2D eigenvalue weighted by Crippen LogP contribution is -2.34. The first-order valence-electron chi connectivity index (χ1n) is 7.18. The molecular weight excluding hydrogens is 196 g/mol. The molecule has 1 heterocycles. The third-order valence-corrected chi connectivity index (χ3v) is 4.12. The van der Waals surface area contributed by atoms with E-state index in [0.29, 0.717) is 0 Å². The van der Waals surface area contributed by atoms with Gasteiger partial charge >= 0.3 is 0 Å². The van der Waals surface area contributed by atoms with Crippen LogP contribution in [0.25, 0.3) is 0 Å². The maximum atomic E-state index is 5.56. The Morgan fingerprint density at radius 3 is 2.50 bits per heavy atom. The first-order chi connectivity index (χ1) is 7.76. The van der Waals surface area contributed by atoms with Crippen molar-refractivity contribution in [3.8, 4) is 0 Å². The van der Waals surface area contributed by atoms with Crippen LogP contribution < -0.4 is 5.73 Å². The molecule has 1 atom stereocenters. The molecule has 1 fully saturated rings. The first kappa shape index (κ1) is 14.0. The summed E-state index contributed by atoms with van der Waals surface area (Å²) in [6.45, 7) is 9.49. The average Bonchev–Trinajstić information content (AvgIpc) is 2.30. The minimum Gasteiger partial charge on any atom is -0.330 e. The lowest BCUT2D eigenvalue weighted by molar-refractivity contribution is 0.176. The summed E-state index contributed by atoms with van der Waals surface area (Å²) >= 11 is 0. The zero-order valence-corrected chi connectivity index (χ0v) is 11.3. The molecule has 0 aliphatic carbocycles. The maximum absolute atomic E-state index is 5.56. The highest BCUT2D eigenvalue weighted by molar-refractivity contribution is 4.71. The Labute approximate surface area is 102 Å². The molecule has 2 N–H and O–H groups in total. The molecule has 0 aromatic rings. The highest BCUT2D eigenvalue weighted by atomic mass is 15.1. The van der Waals surface area contributed by atoms with Gasteiger partial charge in [0.15, 0.2) is 0 Å². The Balaban J connectivity index is 2.02. The van der Waals surface area contributed by atoms with Crippen LogP contribution in [0.15, 0.2) is 0 Å². The van der Waals surface area contributed by atoms with Crippen molar-refractivity contribution in [2.24, 2.45) is 17.6 Å². The second-order valence-corrected chi connectivity index (χ2v) is 5.52. The van der Waals surface area contributed by atoms with Crippen molar-refractivity contribution in [1.29, 1.82) is 0 Å². The third-order valence-electron chi connectivity index (χ3n) is 4.12. The SMILES string of the molecule is CCC1CCN(CCCC(C)CCN)CC1. The molecule has 1 unspecified atom stereocenters. The van der Waals surface area contributed by atoms with E-state index >= 15 is 0 Å². The molecule has 16 heavy (non-hydrogen) atoms. The van der Waals surface area contributed by atoms with Gasteiger partial charge < -0.3 is 10.6 Å². The zero-order chi connectivity index (χ0) is 11.8. The van der Waals surface area contributed by atoms with Crippen molar-refractivity contribution in [1.82, 2.24) is 4.90 Å². The molecule has 2 heteroatoms. The van der Waals surface area contributed by atoms with E-state index in [1.165, 1.54) is 58.2 Å². The fourth-order valence-corrected chi connectivity index (χ4v) is 2.71. The Bertz CT molecular complexity index is 162. The largest absolute Gasteiger partial charge is 0.330 e. The minimum absolute atomic E-state index is 0.818. The molecule has 1 aliphatic rings. The lowest BCUT2D eigenvalue weighted by Gasteiger charge is -2.31. The van der Waals surface area contributed by atoms with Gasteiger partial charge in [-0.2, -0.15) is 0 Å². The number of piperidine rings is 1. The third kappa shape index (κ3) is 5.31. The molecule has 0 bridgehead atoms. The van der Waals surface area contributed by atoms with Crippen LogP contribution in [0.5, 0.6) is 0 Å². The van der Waals surface area contributed by atoms with Gasteiger partial charge in [0.2, 0.25) is 0 Å². The topological polar surface area (TPSA) is 29.3 Å². The molecule has 0 radical (unpaired) electrons. The van der Waals surface area contributed by atoms with Crippen LogP contribution >= 0.6 is 0 Å². The summed E-state index contributed by atoms with van der Waals surface area (Å²) in [4.78, 5) is 2.65. The Hall–Kier alpha value is -0.0800. The van der Waals surface area contributed by atoms with Gasteiger partial charge in [0, 0.05) is 0 Å². The first-order valence-corrected chi connectivity index (χ1v) is 7.18. The van der Waals surface area contributed by atoms with Crippen LogP contribution in [-0.4, -0.2) is 31.1 Å². The number of hydrogen-bond donors (Lipinski definition) is 1. The van der Waals surface area contributed by atoms with Gasteiger partial charge in [0.25, 0.3) is 0 Å². The van der Waals surface area contributed by atoms with E-state index < -0.39 is 0 Å². The van der Waals surface area contributed by atoms with Crippen molar-refractivity contribution in [3.05, 3.63) is 0 Å². The van der Waals surface area contributed by atoms with Crippen LogP contribution in [0.4, 0.5) is 0 Å². The van der Waals surface area contributed by atoms with Crippen molar-refractivity contribution in [2.75, 3.05) is 26.2 Å². The van der Waals surface area contributed by atoms with Crippen molar-refractivity contribution >= 4 is 0 Å². The highest BCUT2D eigenvalue weighted by Gasteiger charge is 2.17. The second-order valence-electron chi connectivity index (χ2n) is 5.52. The molecule has 96 valence electrons. The molecule has 0 aromatic heterocycles. The van der Waals surface area contributed by atoms with E-state index in [0.717, 1.165) is 18.4 Å². The summed E-state index contributed by atoms with van der Waals surface area (Å²) in [5.41, 5.74) is 5.56. The molecule has 1 aliphatic heterocycles. The second kappa shape index (κ2) is 8.08. The van der Waals surface area contributed by atoms with E-state index in [-0.39, 0.29) is 0 Å². The van der Waals surface area contributed by atoms with Crippen LogP contribution in [-0.2, 0) is 0 Å². The number of hydrogen-bond acceptors (Lipinski definition) is 2. The molecule has 0 aromatic carbocycles. The maximum Gasteiger partial charge on any atom is -0.00161 e. The summed E-state index contributed by atoms with van der Waals surface area (Å²) in [5.74, 6) is 1.82. The van der Waals surface area contributed by atoms with E-state index in [4.69, 9.17) is 5.73 Å². The Morgan fingerprint density at radius 2 is 1.94 bits per heavy atom. The van der Waals surface area contributed by atoms with Crippen molar-refractivity contribution < 1.29 is 0 Å². The van der Waals surface area contributed by atoms with Gasteiger partial charge in [-0.1, -0.05) is 20.3 Å². The number of nitrogens with two attached hydrogens (primary N) is 1. The predicted molar refractivity (Wildman–Crippen MR) is 71.5 cm³/mol. The molecule has 0 amide bonds. The summed E-state index contributed by atoms with van der Waals surface area (Å²) in [6.07, 6.45) is 8.13. The number of likely N-dealkylation sites (tertiary alicyclic amines) is 1. The average molecular weight is 226 g/mol. The molecule has 0 saturated carbocycles. The highest BCUT2D eigenvalue weighted by Crippen LogP contribution is 2.20. The number of rotatable bonds is 7. The summed E-state index contributed by atoms with van der Waals surface area (Å²) < 4.78 is 0. The Kier molecular flexibility index (Phi) is 7.06. The molecule has 2 nitrogen and oxygen atoms in total. The van der Waals surface area contributed by atoms with Gasteiger partial charge in [-0.15, -0.1) is 0 Å². The summed E-state index contributed by atoms with van der Waals surface area (Å²) in [6, 6.07) is 0. The smallest absolute Gasteiger partial charge is 0.00161 e. The minimum atomic E-state index is 0.818. The van der Waals surface area contributed by atoms with Gasteiger partial charge in [0.05, 0.1) is 0 Å². The van der Waals surface area contributed by atoms with Gasteiger partial charge in [0.1, 0.15) is 0 Å². The van der Waals surface area contributed by atoms with E-state index in [1.54, 1.807) is 0 Å². The van der Waals surface area contributed by atoms with Crippen molar-refractivity contribution in [3.63, 3.8) is 0 Å². The molecular formula is C14H30N2. The quantitative estimate of drug-likeness (QED) is 0.723. The summed E-state index contributed by atoms with van der Waals surface area (Å²) in [7, 11) is 0. The molecule has 0 spiro atoms. The fraction of sp³-hybridized carbons (Fsp3) is 1.00. The fourth-order valence-electron chi connectivity index (χ4n) is 2.71. The monoisotopic (exact) mass is 226 g/mol. The van der Waals surface area contributed by atoms with E-state index in [2.05, 4.69) is 18.7 Å². The van der Waals surface area contributed by atoms with Crippen molar-refractivity contribution in [2.45, 2.75) is 52.4 Å². The normalized spacial score (nSPS) is 21.2. The van der Waals surface area contributed by atoms with Crippen LogP contribution in [0.2, 0.25) is 0 Å². The zero-order valence-electron chi connectivity index (χ0n) is 11.3. The van der Waals surface area contributed by atoms with Crippen LogP contribution in [0, 0.1) is 11.8 Å². The Morgan fingerprint density at radius 1 is 1.25 bits per heavy atom. The van der Waals surface area contributed by atoms with Crippen LogP contribution in [0.3, 0.4) is 0 Å². The predicted octanol–water partition coefficient (Wildman–Crippen LogP) is 2.87. The van der Waals surface area contributed by atoms with Gasteiger partial charge in [-0.3, -0.25) is 0 Å². The van der Waals surface area contributed by atoms with E-state index in [9.17, 15) is 0 Å². The molecule has 1 rings (SSSR count). The van der Waals surface area contributed by atoms with Gasteiger partial charge in [-0.25, -0.2) is 0 Å². The van der Waals surface area contributed by atoms with Gasteiger partial charge in [-0.05, 0) is 70.1 Å². The van der Waals surface area contributed by atoms with E-state index in [1.807, 2.05) is 0 Å². The van der Waals surface area contributed by atoms with Crippen LogP contribution in [0.1, 0.15) is 52.4 Å². The summed E-state index contributed by atoms with van der Waals surface area (Å²) in [5, 5.41) is 0. The molecule has 1 saturated heterocycles. The number of nitrogens with zero attached hydrogens (tertiary/aromatic N) is 1. The standard InChI is InChI=1S/C14H30N2/c1-3-14-7-11-16(12-8-14)10-4-5-13(2)6-9-15/h13-14H,3-12,15H2,1-2H3.